The zero-order valence-corrected chi connectivity index (χ0v) is 13.6. The second kappa shape index (κ2) is 9.30. The van der Waals surface area contributed by atoms with E-state index in [-0.39, 0.29) is 6.10 Å². The molecule has 0 atom stereocenters. The van der Waals surface area contributed by atoms with Crippen molar-refractivity contribution >= 4 is 0 Å². The first-order chi connectivity index (χ1) is 10.7. The number of rotatable bonds is 4. The van der Waals surface area contributed by atoms with Gasteiger partial charge in [-0.15, -0.1) is 0 Å². The van der Waals surface area contributed by atoms with E-state index < -0.39 is 6.61 Å². The second-order valence-electron chi connectivity index (χ2n) is 6.71. The summed E-state index contributed by atoms with van der Waals surface area (Å²) in [5, 5.41) is 0. The highest BCUT2D eigenvalue weighted by Gasteiger charge is 2.22. The lowest BCUT2D eigenvalue weighted by Crippen LogP contribution is -2.23. The van der Waals surface area contributed by atoms with Crippen molar-refractivity contribution in [3.63, 3.8) is 0 Å². The van der Waals surface area contributed by atoms with Gasteiger partial charge in [0.2, 0.25) is 0 Å². The molecule has 0 spiro atoms. The van der Waals surface area contributed by atoms with E-state index in [0.717, 1.165) is 18.8 Å². The van der Waals surface area contributed by atoms with Gasteiger partial charge < -0.3 is 4.74 Å². The van der Waals surface area contributed by atoms with E-state index in [1.54, 1.807) is 0 Å². The molecule has 0 aromatic rings. The first-order valence-corrected chi connectivity index (χ1v) is 8.78. The molecule has 2 fully saturated rings. The van der Waals surface area contributed by atoms with Crippen molar-refractivity contribution in [2.45, 2.75) is 77.4 Å². The van der Waals surface area contributed by atoms with Crippen molar-refractivity contribution < 1.29 is 13.5 Å². The van der Waals surface area contributed by atoms with Crippen LogP contribution in [0.1, 0.15) is 64.7 Å². The molecule has 124 valence electrons. The predicted octanol–water partition coefficient (Wildman–Crippen LogP) is 5.56. The molecular formula is C19H28F2O. The molecule has 0 unspecified atom stereocenters. The van der Waals surface area contributed by atoms with Crippen LogP contribution < -0.4 is 0 Å². The van der Waals surface area contributed by atoms with Gasteiger partial charge in [-0.25, -0.2) is 0 Å². The molecule has 22 heavy (non-hydrogen) atoms. The molecule has 0 heterocycles. The topological polar surface area (TPSA) is 9.23 Å². The Morgan fingerprint density at radius 2 is 1.73 bits per heavy atom. The average Bonchev–Trinajstić information content (AvgIpc) is 2.53. The molecule has 1 nitrogen and oxygen atoms in total. The van der Waals surface area contributed by atoms with E-state index in [1.807, 2.05) is 6.08 Å². The lowest BCUT2D eigenvalue weighted by atomic mass is 9.81. The first kappa shape index (κ1) is 17.5. The van der Waals surface area contributed by atoms with Crippen LogP contribution in [0.3, 0.4) is 0 Å². The normalized spacial score (nSPS) is 32.9. The minimum atomic E-state index is -2.64. The number of halogens is 2. The summed E-state index contributed by atoms with van der Waals surface area (Å²) in [6.07, 6.45) is 13.8. The van der Waals surface area contributed by atoms with Gasteiger partial charge in [-0.2, -0.15) is 8.78 Å². The van der Waals surface area contributed by atoms with Crippen molar-refractivity contribution in [2.75, 3.05) is 0 Å². The van der Waals surface area contributed by atoms with Gasteiger partial charge in [0.15, 0.2) is 0 Å². The maximum Gasteiger partial charge on any atom is 0.345 e. The van der Waals surface area contributed by atoms with Crippen molar-refractivity contribution in [3.05, 3.63) is 12.2 Å². The van der Waals surface area contributed by atoms with E-state index in [2.05, 4.69) is 29.6 Å². The summed E-state index contributed by atoms with van der Waals surface area (Å²) in [4.78, 5) is 0. The summed E-state index contributed by atoms with van der Waals surface area (Å²) in [5.41, 5.74) is 0. The first-order valence-electron chi connectivity index (χ1n) is 8.78. The van der Waals surface area contributed by atoms with Crippen LogP contribution in [0.25, 0.3) is 0 Å². The van der Waals surface area contributed by atoms with E-state index in [1.165, 1.54) is 32.1 Å². The molecule has 0 aromatic carbocycles. The molecule has 2 aliphatic carbocycles. The third-order valence-corrected chi connectivity index (χ3v) is 5.18. The smallest absolute Gasteiger partial charge is 0.320 e. The fourth-order valence-electron chi connectivity index (χ4n) is 3.63. The van der Waals surface area contributed by atoms with Gasteiger partial charge in [0.05, 0.1) is 6.10 Å². The molecule has 2 aliphatic rings. The van der Waals surface area contributed by atoms with Crippen LogP contribution in [0.5, 0.6) is 0 Å². The number of ether oxygens (including phenoxy) is 1. The van der Waals surface area contributed by atoms with E-state index >= 15 is 0 Å². The molecule has 0 aromatic heterocycles. The zero-order chi connectivity index (χ0) is 15.8. The molecule has 0 bridgehead atoms. The summed E-state index contributed by atoms with van der Waals surface area (Å²) in [7, 11) is 0. The van der Waals surface area contributed by atoms with Gasteiger partial charge >= 0.3 is 6.61 Å². The molecule has 3 heteroatoms. The van der Waals surface area contributed by atoms with Gasteiger partial charge in [-0.3, -0.25) is 0 Å². The van der Waals surface area contributed by atoms with Crippen LogP contribution in [0.15, 0.2) is 12.2 Å². The molecule has 0 saturated heterocycles. The summed E-state index contributed by atoms with van der Waals surface area (Å²) < 4.78 is 28.8. The Hall–Kier alpha value is -0.880. The lowest BCUT2D eigenvalue weighted by molar-refractivity contribution is -0.170. The fraction of sp³-hybridized carbons (Fsp3) is 0.789. The van der Waals surface area contributed by atoms with Crippen LogP contribution in [0.2, 0.25) is 0 Å². The average molecular weight is 310 g/mol. The van der Waals surface area contributed by atoms with Gasteiger partial charge in [0.25, 0.3) is 0 Å². The van der Waals surface area contributed by atoms with Crippen molar-refractivity contribution in [3.8, 4) is 11.8 Å². The highest BCUT2D eigenvalue weighted by molar-refractivity contribution is 5.18. The van der Waals surface area contributed by atoms with Crippen molar-refractivity contribution in [1.29, 1.82) is 0 Å². The quantitative estimate of drug-likeness (QED) is 0.618. The predicted molar refractivity (Wildman–Crippen MR) is 85.5 cm³/mol. The van der Waals surface area contributed by atoms with Gasteiger partial charge in [-0.1, -0.05) is 31.3 Å². The van der Waals surface area contributed by atoms with Gasteiger partial charge in [0, 0.05) is 5.92 Å². The number of hydrogen-bond donors (Lipinski definition) is 0. The van der Waals surface area contributed by atoms with Gasteiger partial charge in [0.1, 0.15) is 0 Å². The molecule has 0 amide bonds. The minimum Gasteiger partial charge on any atom is -0.320 e. The summed E-state index contributed by atoms with van der Waals surface area (Å²) in [6, 6.07) is 0. The fourth-order valence-corrected chi connectivity index (χ4v) is 3.63. The van der Waals surface area contributed by atoms with Gasteiger partial charge in [-0.05, 0) is 69.3 Å². The number of hydrogen-bond acceptors (Lipinski definition) is 1. The zero-order valence-electron chi connectivity index (χ0n) is 13.6. The van der Waals surface area contributed by atoms with Crippen LogP contribution in [0, 0.1) is 29.6 Å². The molecule has 2 rings (SSSR count). The molecule has 0 radical (unpaired) electrons. The Kier molecular flexibility index (Phi) is 7.39. The molecular weight excluding hydrogens is 282 g/mol. The summed E-state index contributed by atoms with van der Waals surface area (Å²) in [5.74, 6) is 8.42. The Bertz CT molecular complexity index is 391. The van der Waals surface area contributed by atoms with E-state index in [0.29, 0.717) is 24.7 Å². The maximum atomic E-state index is 12.1. The Morgan fingerprint density at radius 3 is 2.32 bits per heavy atom. The second-order valence-corrected chi connectivity index (χ2v) is 6.71. The Balaban J connectivity index is 1.66. The molecule has 0 aliphatic heterocycles. The third kappa shape index (κ3) is 6.08. The monoisotopic (exact) mass is 310 g/mol. The number of alkyl halides is 2. The van der Waals surface area contributed by atoms with Crippen LogP contribution in [-0.2, 0) is 4.74 Å². The Labute approximate surface area is 133 Å². The maximum absolute atomic E-state index is 12.1. The van der Waals surface area contributed by atoms with Crippen LogP contribution >= 0.6 is 0 Å². The van der Waals surface area contributed by atoms with Crippen LogP contribution in [0.4, 0.5) is 8.78 Å². The third-order valence-electron chi connectivity index (χ3n) is 5.18. The highest BCUT2D eigenvalue weighted by atomic mass is 19.3. The summed E-state index contributed by atoms with van der Waals surface area (Å²) in [6.45, 7) is -0.355. The standard InChI is InChI=1S/C19H28F2O/c1-2-15-7-9-16(10-8-15)5-3-4-6-17-11-13-18(14-12-17)22-19(20)21/h3,5,15-19H,2,7-14H2,1H3/t15-,16-,17-,18-. The summed E-state index contributed by atoms with van der Waals surface area (Å²) >= 11 is 0. The molecule has 0 N–H and O–H groups in total. The van der Waals surface area contributed by atoms with Crippen LogP contribution in [-0.4, -0.2) is 12.7 Å². The van der Waals surface area contributed by atoms with Crippen molar-refractivity contribution in [2.24, 2.45) is 17.8 Å². The Morgan fingerprint density at radius 1 is 1.05 bits per heavy atom. The van der Waals surface area contributed by atoms with Crippen molar-refractivity contribution in [1.82, 2.24) is 0 Å². The van der Waals surface area contributed by atoms with E-state index in [4.69, 9.17) is 0 Å². The highest BCUT2D eigenvalue weighted by Crippen LogP contribution is 2.31. The largest absolute Gasteiger partial charge is 0.345 e. The van der Waals surface area contributed by atoms with E-state index in [9.17, 15) is 8.78 Å². The SMILES string of the molecule is CC[C@H]1CC[C@H](C=CC#C[C@H]2CC[C@H](OC(F)F)CC2)CC1. The minimum absolute atomic E-state index is 0.276. The molecule has 2 saturated carbocycles. The number of allylic oxidation sites excluding steroid dienone is 2. The lowest BCUT2D eigenvalue weighted by Gasteiger charge is -2.25.